The van der Waals surface area contributed by atoms with Crippen molar-refractivity contribution in [3.8, 4) is 17.2 Å². The van der Waals surface area contributed by atoms with Crippen molar-refractivity contribution in [2.45, 2.75) is 17.7 Å². The molecule has 2 fully saturated rings. The van der Waals surface area contributed by atoms with Crippen LogP contribution in [-0.2, 0) is 14.3 Å². The van der Waals surface area contributed by atoms with Crippen LogP contribution in [0.5, 0.6) is 11.5 Å². The van der Waals surface area contributed by atoms with Crippen molar-refractivity contribution in [2.24, 2.45) is 11.8 Å². The maximum Gasteiger partial charge on any atom is 0.310 e. The zero-order valence-corrected chi connectivity index (χ0v) is 19.5. The number of fused-ring (bicyclic) bond motifs is 1. The summed E-state index contributed by atoms with van der Waals surface area (Å²) >= 11 is 0. The summed E-state index contributed by atoms with van der Waals surface area (Å²) in [7, 11) is 3.16. The predicted octanol–water partition coefficient (Wildman–Crippen LogP) is 1.64. The molecule has 3 aliphatic rings. The van der Waals surface area contributed by atoms with Gasteiger partial charge in [0, 0.05) is 0 Å². The van der Waals surface area contributed by atoms with E-state index in [4.69, 9.17) is 14.2 Å². The molecule has 0 unspecified atom stereocenters. The highest BCUT2D eigenvalue weighted by Crippen LogP contribution is 2.53. The van der Waals surface area contributed by atoms with E-state index in [1.807, 2.05) is 30.3 Å². The molecule has 0 aliphatic carbocycles. The number of hydrogen-bond donors (Lipinski definition) is 1. The van der Waals surface area contributed by atoms with Gasteiger partial charge in [-0.25, -0.2) is 0 Å². The van der Waals surface area contributed by atoms with E-state index < -0.39 is 35.6 Å². The van der Waals surface area contributed by atoms with Crippen molar-refractivity contribution in [3.05, 3.63) is 72.1 Å². The van der Waals surface area contributed by atoms with E-state index in [1.54, 1.807) is 54.1 Å². The zero-order valence-electron chi connectivity index (χ0n) is 19.5. The zero-order chi connectivity index (χ0) is 25.0. The van der Waals surface area contributed by atoms with Crippen LogP contribution in [0.4, 0.5) is 0 Å². The van der Waals surface area contributed by atoms with Gasteiger partial charge in [0.15, 0.2) is 5.82 Å². The molecule has 184 valence electrons. The number of ether oxygens (including phenoxy) is 3. The Morgan fingerprint density at radius 3 is 2.42 bits per heavy atom. The predicted molar refractivity (Wildman–Crippen MR) is 124 cm³/mol. The number of carbonyl (C=O) groups is 2. The van der Waals surface area contributed by atoms with Crippen LogP contribution in [-0.4, -0.2) is 74.6 Å². The van der Waals surface area contributed by atoms with Crippen molar-refractivity contribution in [3.63, 3.8) is 0 Å². The Hall–Kier alpha value is -4.25. The van der Waals surface area contributed by atoms with Gasteiger partial charge < -0.3 is 24.2 Å². The summed E-state index contributed by atoms with van der Waals surface area (Å²) in [6.45, 7) is 0.180. The number of carbonyl (C=O) groups excluding carboxylic acids is 1. The first-order chi connectivity index (χ1) is 17.5. The van der Waals surface area contributed by atoms with Gasteiger partial charge in [0.2, 0.25) is 5.91 Å². The van der Waals surface area contributed by atoms with E-state index in [1.165, 1.54) is 0 Å². The molecule has 3 aromatic rings. The number of carboxylic acids is 1. The van der Waals surface area contributed by atoms with E-state index in [9.17, 15) is 14.7 Å². The number of nitrogens with zero attached hydrogens (tertiary/aromatic N) is 5. The van der Waals surface area contributed by atoms with Gasteiger partial charge in [0.1, 0.15) is 29.1 Å². The van der Waals surface area contributed by atoms with Gasteiger partial charge in [-0.3, -0.25) is 9.59 Å². The van der Waals surface area contributed by atoms with E-state index in [-0.39, 0.29) is 12.5 Å². The Kier molecular flexibility index (Phi) is 5.04. The van der Waals surface area contributed by atoms with Crippen LogP contribution >= 0.6 is 0 Å². The van der Waals surface area contributed by atoms with E-state index >= 15 is 0 Å². The van der Waals surface area contributed by atoms with Crippen LogP contribution in [0.3, 0.4) is 0 Å². The number of amides is 1. The number of tetrazole rings is 1. The highest BCUT2D eigenvalue weighted by atomic mass is 16.5. The molecule has 5 atom stereocenters. The first-order valence-corrected chi connectivity index (χ1v) is 11.4. The highest BCUT2D eigenvalue weighted by molar-refractivity contribution is 5.91. The van der Waals surface area contributed by atoms with Crippen LogP contribution in [0, 0.1) is 11.8 Å². The average molecular weight is 489 g/mol. The summed E-state index contributed by atoms with van der Waals surface area (Å²) < 4.78 is 18.2. The number of hydrogen-bond acceptors (Lipinski definition) is 8. The monoisotopic (exact) mass is 489 g/mol. The van der Waals surface area contributed by atoms with Gasteiger partial charge in [-0.2, -0.15) is 4.68 Å². The first-order valence-electron chi connectivity index (χ1n) is 11.4. The topological polar surface area (TPSA) is 129 Å². The van der Waals surface area contributed by atoms with Crippen molar-refractivity contribution in [1.82, 2.24) is 25.1 Å². The van der Waals surface area contributed by atoms with Crippen LogP contribution in [0.25, 0.3) is 5.69 Å². The first kappa shape index (κ1) is 22.2. The van der Waals surface area contributed by atoms with Crippen LogP contribution in [0.15, 0.2) is 60.7 Å². The molecule has 2 saturated heterocycles. The van der Waals surface area contributed by atoms with Gasteiger partial charge >= 0.3 is 5.97 Å². The fraction of sp³-hybridized carbons (Fsp3) is 0.320. The summed E-state index contributed by atoms with van der Waals surface area (Å²) in [5, 5.41) is 22.3. The van der Waals surface area contributed by atoms with Gasteiger partial charge in [-0.05, 0) is 52.4 Å². The molecule has 1 spiro atoms. The molecule has 0 saturated carbocycles. The molecule has 6 rings (SSSR count). The maximum absolute atomic E-state index is 13.9. The minimum atomic E-state index is -1.05. The molecule has 1 aromatic heterocycles. The van der Waals surface area contributed by atoms with Gasteiger partial charge in [-0.15, -0.1) is 5.10 Å². The standard InChI is InChI=1S/C25H23N5O6/c1-34-16-7-3-14(4-8-16)21(22-26-27-28-30(22)15-5-9-17(35-2)10-6-15)29-13-25-12-11-18(36-25)19(24(32)33)20(25)23(29)31/h3-12,18-21H,13H2,1-2H3,(H,32,33)/t18-,19+,20-,21-,25-/m1/s1. The molecular weight excluding hydrogens is 466 g/mol. The number of likely N-dealkylation sites (tertiary alicyclic amines) is 1. The summed E-state index contributed by atoms with van der Waals surface area (Å²) in [6, 6.07) is 13.8. The van der Waals surface area contributed by atoms with Crippen molar-refractivity contribution >= 4 is 11.9 Å². The lowest BCUT2D eigenvalue weighted by molar-refractivity contribution is -0.148. The molecule has 11 heteroatoms. The van der Waals surface area contributed by atoms with Crippen LogP contribution in [0.1, 0.15) is 17.4 Å². The van der Waals surface area contributed by atoms with Crippen molar-refractivity contribution in [1.29, 1.82) is 0 Å². The Bertz CT molecular complexity index is 1350. The number of rotatable bonds is 7. The van der Waals surface area contributed by atoms with Crippen molar-refractivity contribution < 1.29 is 28.9 Å². The smallest absolute Gasteiger partial charge is 0.310 e. The molecule has 1 amide bonds. The molecule has 2 aromatic carbocycles. The number of aromatic nitrogens is 4. The molecule has 3 aliphatic heterocycles. The fourth-order valence-corrected chi connectivity index (χ4v) is 5.56. The third-order valence-corrected chi connectivity index (χ3v) is 7.21. The second-order valence-corrected chi connectivity index (χ2v) is 9.03. The molecule has 2 bridgehead atoms. The lowest BCUT2D eigenvalue weighted by Gasteiger charge is -2.29. The molecule has 4 heterocycles. The SMILES string of the molecule is COc1ccc([C@H](c2nnnn2-c2ccc(OC)cc2)N2C[C@@]34C=C[C@@H](O3)[C@H](C(=O)O)[C@@H]4C2=O)cc1. The lowest BCUT2D eigenvalue weighted by atomic mass is 9.77. The number of benzene rings is 2. The van der Waals surface area contributed by atoms with E-state index in [0.29, 0.717) is 23.0 Å². The summed E-state index contributed by atoms with van der Waals surface area (Å²) in [5.41, 5.74) is 0.434. The average Bonchev–Trinajstić information content (AvgIpc) is 3.67. The quantitative estimate of drug-likeness (QED) is 0.492. The number of methoxy groups -OCH3 is 2. The molecule has 36 heavy (non-hydrogen) atoms. The van der Waals surface area contributed by atoms with Crippen molar-refractivity contribution in [2.75, 3.05) is 20.8 Å². The molecular formula is C25H23N5O6. The molecule has 11 nitrogen and oxygen atoms in total. The van der Waals surface area contributed by atoms with Crippen LogP contribution in [0.2, 0.25) is 0 Å². The van der Waals surface area contributed by atoms with E-state index in [0.717, 1.165) is 5.56 Å². The highest BCUT2D eigenvalue weighted by Gasteiger charge is 2.68. The Labute approximate surface area is 205 Å². The van der Waals surface area contributed by atoms with Crippen LogP contribution < -0.4 is 9.47 Å². The van der Waals surface area contributed by atoms with Gasteiger partial charge in [0.05, 0.1) is 38.5 Å². The number of carboxylic acid groups (broad SMARTS) is 1. The third kappa shape index (κ3) is 3.19. The summed E-state index contributed by atoms with van der Waals surface area (Å²) in [6.07, 6.45) is 2.97. The van der Waals surface area contributed by atoms with Gasteiger partial charge in [0.25, 0.3) is 0 Å². The third-order valence-electron chi connectivity index (χ3n) is 7.21. The Morgan fingerprint density at radius 1 is 1.11 bits per heavy atom. The second kappa shape index (κ2) is 8.16. The normalized spacial score (nSPS) is 26.8. The Morgan fingerprint density at radius 2 is 1.78 bits per heavy atom. The van der Waals surface area contributed by atoms with E-state index in [2.05, 4.69) is 15.5 Å². The second-order valence-electron chi connectivity index (χ2n) is 9.03. The molecule has 0 radical (unpaired) electrons. The summed E-state index contributed by atoms with van der Waals surface area (Å²) in [5.74, 6) is -1.37. The number of aliphatic carboxylic acids is 1. The minimum absolute atomic E-state index is 0.180. The Balaban J connectivity index is 1.46. The maximum atomic E-state index is 13.9. The minimum Gasteiger partial charge on any atom is -0.497 e. The van der Waals surface area contributed by atoms with Gasteiger partial charge in [-0.1, -0.05) is 24.3 Å². The molecule has 1 N–H and O–H groups in total. The lowest BCUT2D eigenvalue weighted by Crippen LogP contribution is -2.39. The fourth-order valence-electron chi connectivity index (χ4n) is 5.56. The largest absolute Gasteiger partial charge is 0.497 e. The summed E-state index contributed by atoms with van der Waals surface area (Å²) in [4.78, 5) is 27.6.